The molecular weight excluding hydrogens is 244 g/mol. The third-order valence-electron chi connectivity index (χ3n) is 3.79. The molecular formula is C14H20N2OS. The summed E-state index contributed by atoms with van der Waals surface area (Å²) in [5, 5.41) is 5.46. The number of carbonyl (C=O) groups is 1. The third-order valence-corrected chi connectivity index (χ3v) is 4.65. The van der Waals surface area contributed by atoms with Crippen molar-refractivity contribution >= 4 is 17.2 Å². The first-order valence-corrected chi connectivity index (χ1v) is 7.79. The molecule has 1 aliphatic heterocycles. The Morgan fingerprint density at radius 3 is 2.89 bits per heavy atom. The second-order valence-electron chi connectivity index (χ2n) is 5.28. The van der Waals surface area contributed by atoms with E-state index >= 15 is 0 Å². The van der Waals surface area contributed by atoms with E-state index in [9.17, 15) is 4.79 Å². The summed E-state index contributed by atoms with van der Waals surface area (Å²) >= 11 is 1.75. The lowest BCUT2D eigenvalue weighted by molar-refractivity contribution is -0.135. The fourth-order valence-corrected chi connectivity index (χ4v) is 3.31. The van der Waals surface area contributed by atoms with Gasteiger partial charge in [-0.15, -0.1) is 11.3 Å². The molecule has 2 fully saturated rings. The molecule has 4 heteroatoms. The number of carbonyl (C=O) groups excluding carboxylic acids is 1. The third kappa shape index (κ3) is 2.75. The predicted octanol–water partition coefficient (Wildman–Crippen LogP) is 2.38. The minimum absolute atomic E-state index is 0.0688. The zero-order valence-electron chi connectivity index (χ0n) is 10.6. The van der Waals surface area contributed by atoms with Crippen LogP contribution in [0.5, 0.6) is 0 Å². The molecule has 3 rings (SSSR count). The topological polar surface area (TPSA) is 32.3 Å². The van der Waals surface area contributed by atoms with Gasteiger partial charge in [0.05, 0.1) is 12.6 Å². The molecule has 1 aliphatic carbocycles. The summed E-state index contributed by atoms with van der Waals surface area (Å²) in [7, 11) is 0. The Morgan fingerprint density at radius 1 is 1.39 bits per heavy atom. The Bertz CT molecular complexity index is 394. The maximum atomic E-state index is 12.6. The largest absolute Gasteiger partial charge is 0.333 e. The van der Waals surface area contributed by atoms with Gasteiger partial charge < -0.3 is 10.2 Å². The average molecular weight is 264 g/mol. The summed E-state index contributed by atoms with van der Waals surface area (Å²) in [6.45, 7) is 1.80. The van der Waals surface area contributed by atoms with Crippen LogP contribution in [0.1, 0.15) is 37.0 Å². The van der Waals surface area contributed by atoms with Crippen molar-refractivity contribution in [2.75, 3.05) is 6.54 Å². The number of nitrogens with one attached hydrogen (secondary N) is 1. The Hall–Kier alpha value is -0.870. The summed E-state index contributed by atoms with van der Waals surface area (Å²) in [6, 6.07) is 4.76. The van der Waals surface area contributed by atoms with Gasteiger partial charge in [0.15, 0.2) is 0 Å². The molecule has 1 aromatic rings. The lowest BCUT2D eigenvalue weighted by Gasteiger charge is -2.30. The summed E-state index contributed by atoms with van der Waals surface area (Å²) in [5.74, 6) is 0.325. The van der Waals surface area contributed by atoms with Gasteiger partial charge >= 0.3 is 0 Å². The first-order chi connectivity index (χ1) is 8.84. The predicted molar refractivity (Wildman–Crippen MR) is 73.5 cm³/mol. The molecule has 1 saturated heterocycles. The van der Waals surface area contributed by atoms with Crippen molar-refractivity contribution in [1.82, 2.24) is 10.2 Å². The highest BCUT2D eigenvalue weighted by molar-refractivity contribution is 7.09. The van der Waals surface area contributed by atoms with Crippen molar-refractivity contribution in [2.45, 2.75) is 50.7 Å². The van der Waals surface area contributed by atoms with Crippen molar-refractivity contribution in [3.05, 3.63) is 22.4 Å². The van der Waals surface area contributed by atoms with Crippen LogP contribution in [0.2, 0.25) is 0 Å². The summed E-state index contributed by atoms with van der Waals surface area (Å²) < 4.78 is 0. The number of amides is 1. The molecule has 98 valence electrons. The molecule has 3 nitrogen and oxygen atoms in total. The molecule has 0 spiro atoms. The first kappa shape index (κ1) is 12.2. The maximum Gasteiger partial charge on any atom is 0.240 e. The van der Waals surface area contributed by atoms with Gasteiger partial charge in [-0.1, -0.05) is 12.5 Å². The zero-order valence-corrected chi connectivity index (χ0v) is 11.4. The van der Waals surface area contributed by atoms with Crippen molar-refractivity contribution in [3.8, 4) is 0 Å². The van der Waals surface area contributed by atoms with Gasteiger partial charge in [-0.25, -0.2) is 0 Å². The normalized spacial score (nSPS) is 23.9. The molecule has 0 radical (unpaired) electrons. The molecule has 2 aliphatic rings. The number of rotatable bonds is 4. The Labute approximate surface area is 112 Å². The SMILES string of the molecule is O=C([C@H]1CCCCN1)N(Cc1cccs1)C1CC1. The number of hydrogen-bond acceptors (Lipinski definition) is 3. The van der Waals surface area contributed by atoms with Gasteiger partial charge in [-0.3, -0.25) is 4.79 Å². The quantitative estimate of drug-likeness (QED) is 0.905. The lowest BCUT2D eigenvalue weighted by atomic mass is 10.0. The second kappa shape index (κ2) is 5.41. The summed E-state index contributed by atoms with van der Waals surface area (Å²) in [4.78, 5) is 16.0. The molecule has 1 atom stereocenters. The molecule has 1 N–H and O–H groups in total. The highest BCUT2D eigenvalue weighted by Gasteiger charge is 2.36. The summed E-state index contributed by atoms with van der Waals surface area (Å²) in [5.41, 5.74) is 0. The van der Waals surface area contributed by atoms with Crippen LogP contribution >= 0.6 is 11.3 Å². The van der Waals surface area contributed by atoms with E-state index in [1.807, 2.05) is 0 Å². The van der Waals surface area contributed by atoms with Crippen LogP contribution in [0.25, 0.3) is 0 Å². The minimum atomic E-state index is 0.0688. The molecule has 1 saturated carbocycles. The Kier molecular flexibility index (Phi) is 3.66. The van der Waals surface area contributed by atoms with Gasteiger partial charge in [0.25, 0.3) is 0 Å². The van der Waals surface area contributed by atoms with E-state index in [2.05, 4.69) is 27.7 Å². The smallest absolute Gasteiger partial charge is 0.240 e. The number of nitrogens with zero attached hydrogens (tertiary/aromatic N) is 1. The van der Waals surface area contributed by atoms with Crippen LogP contribution < -0.4 is 5.32 Å². The van der Waals surface area contributed by atoms with Crippen molar-refractivity contribution in [2.24, 2.45) is 0 Å². The van der Waals surface area contributed by atoms with E-state index in [1.165, 1.54) is 30.6 Å². The van der Waals surface area contributed by atoms with E-state index in [0.29, 0.717) is 11.9 Å². The first-order valence-electron chi connectivity index (χ1n) is 6.91. The molecule has 18 heavy (non-hydrogen) atoms. The van der Waals surface area contributed by atoms with E-state index in [-0.39, 0.29) is 6.04 Å². The molecule has 1 aromatic heterocycles. The number of piperidine rings is 1. The van der Waals surface area contributed by atoms with Gasteiger partial charge in [-0.05, 0) is 43.7 Å². The zero-order chi connectivity index (χ0) is 12.4. The maximum absolute atomic E-state index is 12.6. The number of hydrogen-bond donors (Lipinski definition) is 1. The van der Waals surface area contributed by atoms with Crippen LogP contribution in [0.4, 0.5) is 0 Å². The second-order valence-corrected chi connectivity index (χ2v) is 6.31. The van der Waals surface area contributed by atoms with E-state index < -0.39 is 0 Å². The molecule has 0 bridgehead atoms. The molecule has 0 aromatic carbocycles. The fourth-order valence-electron chi connectivity index (χ4n) is 2.61. The molecule has 1 amide bonds. The number of thiophene rings is 1. The Balaban J connectivity index is 1.66. The van der Waals surface area contributed by atoms with Gasteiger partial charge in [-0.2, -0.15) is 0 Å². The highest BCUT2D eigenvalue weighted by Crippen LogP contribution is 2.30. The fraction of sp³-hybridized carbons (Fsp3) is 0.643. The van der Waals surface area contributed by atoms with Crippen LogP contribution in [0.3, 0.4) is 0 Å². The van der Waals surface area contributed by atoms with Crippen molar-refractivity contribution < 1.29 is 4.79 Å². The van der Waals surface area contributed by atoms with Crippen LogP contribution in [-0.2, 0) is 11.3 Å². The highest BCUT2D eigenvalue weighted by atomic mass is 32.1. The van der Waals surface area contributed by atoms with Gasteiger partial charge in [0.1, 0.15) is 0 Å². The van der Waals surface area contributed by atoms with Crippen molar-refractivity contribution in [3.63, 3.8) is 0 Å². The van der Waals surface area contributed by atoms with E-state index in [4.69, 9.17) is 0 Å². The van der Waals surface area contributed by atoms with E-state index in [1.54, 1.807) is 11.3 Å². The molecule has 2 heterocycles. The van der Waals surface area contributed by atoms with Crippen molar-refractivity contribution in [1.29, 1.82) is 0 Å². The summed E-state index contributed by atoms with van der Waals surface area (Å²) in [6.07, 6.45) is 5.76. The van der Waals surface area contributed by atoms with Crippen LogP contribution in [0.15, 0.2) is 17.5 Å². The van der Waals surface area contributed by atoms with Gasteiger partial charge in [0, 0.05) is 10.9 Å². The minimum Gasteiger partial charge on any atom is -0.333 e. The van der Waals surface area contributed by atoms with Crippen LogP contribution in [0, 0.1) is 0 Å². The van der Waals surface area contributed by atoms with Gasteiger partial charge in [0.2, 0.25) is 5.91 Å². The Morgan fingerprint density at radius 2 is 2.28 bits per heavy atom. The lowest BCUT2D eigenvalue weighted by Crippen LogP contribution is -2.49. The monoisotopic (exact) mass is 264 g/mol. The van der Waals surface area contributed by atoms with E-state index in [0.717, 1.165) is 19.5 Å². The standard InChI is InChI=1S/C14H20N2OS/c17-14(13-5-1-2-8-15-13)16(11-6-7-11)10-12-4-3-9-18-12/h3-4,9,11,13,15H,1-2,5-8,10H2/t13-/m1/s1. The van der Waals surface area contributed by atoms with Crippen LogP contribution in [-0.4, -0.2) is 29.4 Å². The molecule has 0 unspecified atom stereocenters. The average Bonchev–Trinajstić information content (AvgIpc) is 3.13.